The van der Waals surface area contributed by atoms with Crippen LogP contribution in [0.4, 0.5) is 19.0 Å². The number of halogens is 3. The predicted octanol–water partition coefficient (Wildman–Crippen LogP) is 3.77. The van der Waals surface area contributed by atoms with Gasteiger partial charge in [0.2, 0.25) is 5.91 Å². The molecule has 1 aromatic heterocycles. The number of rotatable bonds is 3. The molecule has 4 nitrogen and oxygen atoms in total. The first kappa shape index (κ1) is 18.9. The van der Waals surface area contributed by atoms with Gasteiger partial charge in [0.05, 0.1) is 5.56 Å². The molecule has 2 heterocycles. The first-order chi connectivity index (χ1) is 12.8. The normalized spacial score (nSPS) is 15.4. The van der Waals surface area contributed by atoms with Gasteiger partial charge >= 0.3 is 6.18 Å². The van der Waals surface area contributed by atoms with E-state index in [1.54, 1.807) is 11.0 Å². The molecule has 142 valence electrons. The number of benzene rings is 1. The van der Waals surface area contributed by atoms with E-state index in [2.05, 4.69) is 4.98 Å². The van der Waals surface area contributed by atoms with Gasteiger partial charge in [0.25, 0.3) is 0 Å². The summed E-state index contributed by atoms with van der Waals surface area (Å²) in [5, 5.41) is 0. The lowest BCUT2D eigenvalue weighted by molar-refractivity contribution is -0.137. The van der Waals surface area contributed by atoms with Gasteiger partial charge in [0.15, 0.2) is 0 Å². The van der Waals surface area contributed by atoms with Gasteiger partial charge in [-0.2, -0.15) is 13.2 Å². The van der Waals surface area contributed by atoms with Gasteiger partial charge in [0.1, 0.15) is 5.82 Å². The number of alkyl halides is 3. The summed E-state index contributed by atoms with van der Waals surface area (Å²) in [5.74, 6) is 0.420. The third-order valence-electron chi connectivity index (χ3n) is 4.58. The molecule has 0 radical (unpaired) electrons. The van der Waals surface area contributed by atoms with Crippen molar-refractivity contribution in [2.45, 2.75) is 13.1 Å². The molecule has 0 bridgehead atoms. The highest BCUT2D eigenvalue weighted by atomic mass is 19.4. The van der Waals surface area contributed by atoms with Gasteiger partial charge in [-0.05, 0) is 36.3 Å². The van der Waals surface area contributed by atoms with Crippen molar-refractivity contribution >= 4 is 17.8 Å². The SMILES string of the molecule is Cc1ccccc1/C=C/C(=O)N1CCN(c2ccc(C(F)(F)F)cn2)CC1. The molecular formula is C20H20F3N3O. The summed E-state index contributed by atoms with van der Waals surface area (Å²) < 4.78 is 37.9. The third-order valence-corrected chi connectivity index (χ3v) is 4.58. The van der Waals surface area contributed by atoms with Crippen molar-refractivity contribution in [3.63, 3.8) is 0 Å². The van der Waals surface area contributed by atoms with Crippen molar-refractivity contribution < 1.29 is 18.0 Å². The first-order valence-electron chi connectivity index (χ1n) is 8.65. The lowest BCUT2D eigenvalue weighted by Crippen LogP contribution is -2.48. The van der Waals surface area contributed by atoms with Crippen LogP contribution >= 0.6 is 0 Å². The zero-order valence-corrected chi connectivity index (χ0v) is 14.9. The van der Waals surface area contributed by atoms with Crippen molar-refractivity contribution in [3.05, 3.63) is 65.4 Å². The Labute approximate surface area is 155 Å². The standard InChI is InChI=1S/C20H20F3N3O/c1-15-4-2-3-5-16(15)6-9-19(27)26-12-10-25(11-13-26)18-8-7-17(14-24-18)20(21,22)23/h2-9,14H,10-13H2,1H3/b9-6+. The summed E-state index contributed by atoms with van der Waals surface area (Å²) in [5.41, 5.74) is 1.33. The fraction of sp³-hybridized carbons (Fsp3) is 0.300. The highest BCUT2D eigenvalue weighted by Gasteiger charge is 2.31. The van der Waals surface area contributed by atoms with Crippen LogP contribution in [0.2, 0.25) is 0 Å². The van der Waals surface area contributed by atoms with E-state index in [1.807, 2.05) is 42.2 Å². The Bertz CT molecular complexity index is 823. The average molecular weight is 375 g/mol. The van der Waals surface area contributed by atoms with Gasteiger partial charge < -0.3 is 9.80 Å². The summed E-state index contributed by atoms with van der Waals surface area (Å²) in [6, 6.07) is 10.2. The molecule has 7 heteroatoms. The monoisotopic (exact) mass is 375 g/mol. The molecule has 3 rings (SSSR count). The van der Waals surface area contributed by atoms with Crippen molar-refractivity contribution in [1.29, 1.82) is 0 Å². The minimum atomic E-state index is -4.39. The molecular weight excluding hydrogens is 355 g/mol. The summed E-state index contributed by atoms with van der Waals surface area (Å²) in [6.07, 6.45) is -0.173. The summed E-state index contributed by atoms with van der Waals surface area (Å²) in [6.45, 7) is 4.05. The Kier molecular flexibility index (Phi) is 5.48. The number of piperazine rings is 1. The van der Waals surface area contributed by atoms with Crippen LogP contribution in [0.5, 0.6) is 0 Å². The van der Waals surface area contributed by atoms with Crippen LogP contribution in [0.25, 0.3) is 6.08 Å². The second-order valence-electron chi connectivity index (χ2n) is 6.41. The Hall–Kier alpha value is -2.83. The fourth-order valence-corrected chi connectivity index (χ4v) is 2.94. The Morgan fingerprint density at radius 1 is 1.07 bits per heavy atom. The maximum absolute atomic E-state index is 12.6. The number of carbonyl (C=O) groups excluding carboxylic acids is 1. The van der Waals surface area contributed by atoms with Gasteiger partial charge in [-0.25, -0.2) is 4.98 Å². The molecule has 0 aliphatic carbocycles. The number of hydrogen-bond acceptors (Lipinski definition) is 3. The quantitative estimate of drug-likeness (QED) is 0.767. The van der Waals surface area contributed by atoms with Crippen LogP contribution in [-0.2, 0) is 11.0 Å². The minimum absolute atomic E-state index is 0.0710. The second kappa shape index (κ2) is 7.82. The third kappa shape index (κ3) is 4.67. The molecule has 1 saturated heterocycles. The van der Waals surface area contributed by atoms with E-state index < -0.39 is 11.7 Å². The van der Waals surface area contributed by atoms with Crippen LogP contribution in [0.1, 0.15) is 16.7 Å². The lowest BCUT2D eigenvalue weighted by atomic mass is 10.1. The molecule has 0 atom stereocenters. The number of nitrogens with zero attached hydrogens (tertiary/aromatic N) is 3. The summed E-state index contributed by atoms with van der Waals surface area (Å²) in [7, 11) is 0. The zero-order valence-electron chi connectivity index (χ0n) is 14.9. The van der Waals surface area contributed by atoms with Crippen LogP contribution in [-0.4, -0.2) is 42.0 Å². The summed E-state index contributed by atoms with van der Waals surface area (Å²) >= 11 is 0. The van der Waals surface area contributed by atoms with Crippen LogP contribution in [0.15, 0.2) is 48.7 Å². The smallest absolute Gasteiger partial charge is 0.353 e. The van der Waals surface area contributed by atoms with E-state index in [-0.39, 0.29) is 5.91 Å². The van der Waals surface area contributed by atoms with Crippen molar-refractivity contribution in [1.82, 2.24) is 9.88 Å². The topological polar surface area (TPSA) is 36.4 Å². The maximum Gasteiger partial charge on any atom is 0.417 e. The average Bonchev–Trinajstić information content (AvgIpc) is 2.67. The largest absolute Gasteiger partial charge is 0.417 e. The van der Waals surface area contributed by atoms with Crippen LogP contribution in [0, 0.1) is 6.92 Å². The number of anilines is 1. The van der Waals surface area contributed by atoms with E-state index in [1.165, 1.54) is 6.07 Å². The van der Waals surface area contributed by atoms with E-state index in [4.69, 9.17) is 0 Å². The zero-order chi connectivity index (χ0) is 19.4. The maximum atomic E-state index is 12.6. The van der Waals surface area contributed by atoms with Crippen LogP contribution < -0.4 is 4.90 Å². The van der Waals surface area contributed by atoms with Crippen molar-refractivity contribution in [2.75, 3.05) is 31.1 Å². The number of carbonyl (C=O) groups is 1. The molecule has 0 unspecified atom stereocenters. The van der Waals surface area contributed by atoms with E-state index >= 15 is 0 Å². The van der Waals surface area contributed by atoms with E-state index in [9.17, 15) is 18.0 Å². The molecule has 27 heavy (non-hydrogen) atoms. The molecule has 1 aromatic carbocycles. The summed E-state index contributed by atoms with van der Waals surface area (Å²) in [4.78, 5) is 19.9. The van der Waals surface area contributed by atoms with Gasteiger partial charge in [-0.3, -0.25) is 4.79 Å². The lowest BCUT2D eigenvalue weighted by Gasteiger charge is -2.35. The number of amides is 1. The Morgan fingerprint density at radius 3 is 2.37 bits per heavy atom. The fourth-order valence-electron chi connectivity index (χ4n) is 2.94. The van der Waals surface area contributed by atoms with Gasteiger partial charge in [-0.15, -0.1) is 0 Å². The van der Waals surface area contributed by atoms with Crippen LogP contribution in [0.3, 0.4) is 0 Å². The van der Waals surface area contributed by atoms with E-state index in [0.717, 1.165) is 23.4 Å². The molecule has 0 N–H and O–H groups in total. The minimum Gasteiger partial charge on any atom is -0.353 e. The number of aryl methyl sites for hydroxylation is 1. The molecule has 1 aliphatic heterocycles. The highest BCUT2D eigenvalue weighted by Crippen LogP contribution is 2.29. The Morgan fingerprint density at radius 2 is 1.78 bits per heavy atom. The van der Waals surface area contributed by atoms with E-state index in [0.29, 0.717) is 32.0 Å². The van der Waals surface area contributed by atoms with Crippen molar-refractivity contribution in [3.8, 4) is 0 Å². The predicted molar refractivity (Wildman–Crippen MR) is 98.2 cm³/mol. The highest BCUT2D eigenvalue weighted by molar-refractivity contribution is 5.92. The molecule has 1 amide bonds. The number of pyridine rings is 1. The molecule has 0 spiro atoms. The molecule has 0 saturated carbocycles. The molecule has 1 fully saturated rings. The Balaban J connectivity index is 1.57. The number of hydrogen-bond donors (Lipinski definition) is 0. The second-order valence-corrected chi connectivity index (χ2v) is 6.41. The van der Waals surface area contributed by atoms with Crippen molar-refractivity contribution in [2.24, 2.45) is 0 Å². The van der Waals surface area contributed by atoms with Gasteiger partial charge in [0, 0.05) is 38.5 Å². The van der Waals surface area contributed by atoms with Gasteiger partial charge in [-0.1, -0.05) is 24.3 Å². The molecule has 2 aromatic rings. The first-order valence-corrected chi connectivity index (χ1v) is 8.65. The number of aromatic nitrogens is 1. The molecule has 1 aliphatic rings.